The molecule has 0 unspecified atom stereocenters. The van der Waals surface area contributed by atoms with Crippen molar-refractivity contribution in [3.05, 3.63) is 70.9 Å². The summed E-state index contributed by atoms with van der Waals surface area (Å²) in [5.41, 5.74) is 2.47. The average Bonchev–Trinajstić information content (AvgIpc) is 3.40. The quantitative estimate of drug-likeness (QED) is 0.516. The first-order valence-electron chi connectivity index (χ1n) is 9.06. The fourth-order valence-electron chi connectivity index (χ4n) is 3.28. The molecule has 9 heteroatoms. The molecule has 29 heavy (non-hydrogen) atoms. The van der Waals surface area contributed by atoms with E-state index >= 15 is 0 Å². The van der Waals surface area contributed by atoms with E-state index in [9.17, 15) is 4.79 Å². The van der Waals surface area contributed by atoms with Crippen LogP contribution < -0.4 is 0 Å². The second-order valence-corrected chi connectivity index (χ2v) is 7.09. The molecule has 8 nitrogen and oxygen atoms in total. The van der Waals surface area contributed by atoms with E-state index < -0.39 is 0 Å². The number of benzene rings is 2. The molecule has 144 valence electrons. The first-order chi connectivity index (χ1) is 14.2. The molecule has 3 heterocycles. The van der Waals surface area contributed by atoms with Crippen molar-refractivity contribution < 1.29 is 9.32 Å². The molecule has 0 atom stereocenters. The van der Waals surface area contributed by atoms with Gasteiger partial charge in [-0.15, -0.1) is 5.10 Å². The molecule has 5 rings (SSSR count). The molecular weight excluding hydrogens is 392 g/mol. The summed E-state index contributed by atoms with van der Waals surface area (Å²) in [6.07, 6.45) is 0. The predicted octanol–water partition coefficient (Wildman–Crippen LogP) is 3.30. The third-order valence-corrected chi connectivity index (χ3v) is 5.01. The van der Waals surface area contributed by atoms with Gasteiger partial charge in [0.05, 0.1) is 6.54 Å². The van der Waals surface area contributed by atoms with Crippen molar-refractivity contribution >= 4 is 17.5 Å². The Labute approximate surface area is 170 Å². The zero-order valence-corrected chi connectivity index (χ0v) is 16.0. The fourth-order valence-corrected chi connectivity index (χ4v) is 3.40. The second kappa shape index (κ2) is 7.14. The number of rotatable bonds is 4. The van der Waals surface area contributed by atoms with Crippen LogP contribution in [0.4, 0.5) is 0 Å². The van der Waals surface area contributed by atoms with Gasteiger partial charge in [0.25, 0.3) is 11.8 Å². The van der Waals surface area contributed by atoms with E-state index in [0.29, 0.717) is 41.9 Å². The number of nitrogens with zero attached hydrogens (tertiary/aromatic N) is 6. The summed E-state index contributed by atoms with van der Waals surface area (Å²) in [6.45, 7) is 1.55. The minimum atomic E-state index is -0.175. The third kappa shape index (κ3) is 3.27. The molecule has 0 fully saturated rings. The molecule has 2 aromatic heterocycles. The van der Waals surface area contributed by atoms with Crippen LogP contribution in [0.2, 0.25) is 5.02 Å². The summed E-state index contributed by atoms with van der Waals surface area (Å²) in [4.78, 5) is 19.3. The summed E-state index contributed by atoms with van der Waals surface area (Å²) < 4.78 is 6.97. The number of amides is 1. The van der Waals surface area contributed by atoms with E-state index in [1.54, 1.807) is 9.58 Å². The Morgan fingerprint density at radius 1 is 1.03 bits per heavy atom. The zero-order chi connectivity index (χ0) is 19.8. The molecule has 1 aliphatic rings. The van der Waals surface area contributed by atoms with Gasteiger partial charge in [-0.25, -0.2) is 4.68 Å². The van der Waals surface area contributed by atoms with Crippen LogP contribution in [0, 0.1) is 0 Å². The molecule has 1 amide bonds. The topological polar surface area (TPSA) is 89.9 Å². The fraction of sp³-hybridized carbons (Fsp3) is 0.150. The molecule has 0 saturated heterocycles. The second-order valence-electron chi connectivity index (χ2n) is 6.65. The Morgan fingerprint density at radius 3 is 2.62 bits per heavy atom. The number of fused-ring (bicyclic) bond motifs is 1. The highest BCUT2D eigenvalue weighted by Gasteiger charge is 2.32. The van der Waals surface area contributed by atoms with Crippen LogP contribution in [-0.4, -0.2) is 42.5 Å². The van der Waals surface area contributed by atoms with Crippen LogP contribution in [0.15, 0.2) is 59.1 Å². The summed E-state index contributed by atoms with van der Waals surface area (Å²) >= 11 is 5.95. The Kier molecular flexibility index (Phi) is 4.33. The minimum absolute atomic E-state index is 0.173. The standard InChI is InChI=1S/C20H15ClN6O2/c21-15-8-6-13(7-9-15)12-26-10-11-27-17(20(26)28)16(23-25-27)19-22-18(24-29-19)14-4-2-1-3-5-14/h1-9H,10-12H2. The summed E-state index contributed by atoms with van der Waals surface area (Å²) in [5, 5.41) is 12.9. The highest BCUT2D eigenvalue weighted by Crippen LogP contribution is 2.26. The van der Waals surface area contributed by atoms with Crippen LogP contribution in [0.25, 0.3) is 23.0 Å². The van der Waals surface area contributed by atoms with Gasteiger partial charge < -0.3 is 9.42 Å². The summed E-state index contributed by atoms with van der Waals surface area (Å²) in [7, 11) is 0. The Hall–Kier alpha value is -3.52. The van der Waals surface area contributed by atoms with E-state index in [4.69, 9.17) is 16.1 Å². The zero-order valence-electron chi connectivity index (χ0n) is 15.2. The van der Waals surface area contributed by atoms with Gasteiger partial charge in [0.2, 0.25) is 5.82 Å². The SMILES string of the molecule is O=C1c2c(-c3nc(-c4ccccc4)no3)nnn2CCN1Cc1ccc(Cl)cc1. The molecule has 0 saturated carbocycles. The first kappa shape index (κ1) is 17.6. The van der Waals surface area contributed by atoms with Crippen molar-refractivity contribution in [3.63, 3.8) is 0 Å². The molecule has 0 aliphatic carbocycles. The van der Waals surface area contributed by atoms with Gasteiger partial charge in [0.1, 0.15) is 0 Å². The third-order valence-electron chi connectivity index (χ3n) is 4.75. The Bertz CT molecular complexity index is 1170. The molecular formula is C20H15ClN6O2. The molecule has 0 N–H and O–H groups in total. The maximum Gasteiger partial charge on any atom is 0.281 e. The molecule has 0 radical (unpaired) electrons. The highest BCUT2D eigenvalue weighted by atomic mass is 35.5. The van der Waals surface area contributed by atoms with E-state index in [2.05, 4.69) is 20.5 Å². The summed E-state index contributed by atoms with van der Waals surface area (Å²) in [5.74, 6) is 0.432. The number of halogens is 1. The van der Waals surface area contributed by atoms with Crippen LogP contribution >= 0.6 is 11.6 Å². The lowest BCUT2D eigenvalue weighted by Crippen LogP contribution is -2.40. The van der Waals surface area contributed by atoms with Crippen LogP contribution in [-0.2, 0) is 13.1 Å². The van der Waals surface area contributed by atoms with Crippen molar-refractivity contribution in [2.75, 3.05) is 6.54 Å². The van der Waals surface area contributed by atoms with Gasteiger partial charge in [-0.1, -0.05) is 64.4 Å². The maximum absolute atomic E-state index is 13.1. The van der Waals surface area contributed by atoms with Crippen molar-refractivity contribution in [2.24, 2.45) is 0 Å². The predicted molar refractivity (Wildman–Crippen MR) is 105 cm³/mol. The average molecular weight is 407 g/mol. The molecule has 4 aromatic rings. The van der Waals surface area contributed by atoms with E-state index in [0.717, 1.165) is 11.1 Å². The van der Waals surface area contributed by atoms with Crippen LogP contribution in [0.5, 0.6) is 0 Å². The highest BCUT2D eigenvalue weighted by molar-refractivity contribution is 6.30. The van der Waals surface area contributed by atoms with Gasteiger partial charge >= 0.3 is 0 Å². The van der Waals surface area contributed by atoms with E-state index in [1.807, 2.05) is 54.6 Å². The monoisotopic (exact) mass is 406 g/mol. The van der Waals surface area contributed by atoms with Gasteiger partial charge in [0, 0.05) is 23.7 Å². The molecule has 2 aromatic carbocycles. The number of hydrogen-bond acceptors (Lipinski definition) is 6. The summed E-state index contributed by atoms with van der Waals surface area (Å²) in [6, 6.07) is 16.9. The Balaban J connectivity index is 1.44. The smallest absolute Gasteiger partial charge is 0.281 e. The van der Waals surface area contributed by atoms with Crippen LogP contribution in [0.1, 0.15) is 16.1 Å². The number of aromatic nitrogens is 5. The first-order valence-corrected chi connectivity index (χ1v) is 9.43. The lowest BCUT2D eigenvalue weighted by atomic mass is 10.1. The number of hydrogen-bond donors (Lipinski definition) is 0. The minimum Gasteiger partial charge on any atom is -0.332 e. The van der Waals surface area contributed by atoms with Gasteiger partial charge in [-0.2, -0.15) is 4.98 Å². The number of carbonyl (C=O) groups excluding carboxylic acids is 1. The molecule has 1 aliphatic heterocycles. The molecule has 0 bridgehead atoms. The van der Waals surface area contributed by atoms with Gasteiger partial charge in [0.15, 0.2) is 11.4 Å². The lowest BCUT2D eigenvalue weighted by molar-refractivity contribution is 0.0684. The van der Waals surface area contributed by atoms with Crippen molar-refractivity contribution in [1.29, 1.82) is 0 Å². The number of carbonyl (C=O) groups is 1. The van der Waals surface area contributed by atoms with Crippen LogP contribution in [0.3, 0.4) is 0 Å². The molecule has 0 spiro atoms. The van der Waals surface area contributed by atoms with E-state index in [1.165, 1.54) is 0 Å². The lowest BCUT2D eigenvalue weighted by Gasteiger charge is -2.27. The Morgan fingerprint density at radius 2 is 1.83 bits per heavy atom. The van der Waals surface area contributed by atoms with Crippen molar-refractivity contribution in [3.8, 4) is 23.0 Å². The maximum atomic E-state index is 13.1. The largest absolute Gasteiger partial charge is 0.332 e. The van der Waals surface area contributed by atoms with Crippen molar-refractivity contribution in [2.45, 2.75) is 13.1 Å². The van der Waals surface area contributed by atoms with Crippen molar-refractivity contribution in [1.82, 2.24) is 30.0 Å². The van der Waals surface area contributed by atoms with E-state index in [-0.39, 0.29) is 11.8 Å². The normalized spacial score (nSPS) is 13.6. The van der Waals surface area contributed by atoms with Gasteiger partial charge in [-0.05, 0) is 17.7 Å². The van der Waals surface area contributed by atoms with Gasteiger partial charge in [-0.3, -0.25) is 4.79 Å².